The third-order valence-electron chi connectivity index (χ3n) is 2.86. The van der Waals surface area contributed by atoms with Gasteiger partial charge in [0.1, 0.15) is 5.84 Å². The van der Waals surface area contributed by atoms with Crippen molar-refractivity contribution in [2.24, 2.45) is 10.7 Å². The first-order valence-electron chi connectivity index (χ1n) is 5.34. The van der Waals surface area contributed by atoms with Crippen LogP contribution in [0.5, 0.6) is 0 Å². The van der Waals surface area contributed by atoms with Crippen LogP contribution >= 0.6 is 12.4 Å². The maximum Gasteiger partial charge on any atom is 0.118 e. The fraction of sp³-hybridized carbons (Fsp3) is 0.308. The Morgan fingerprint density at radius 1 is 1.53 bits per heavy atom. The van der Waals surface area contributed by atoms with Crippen LogP contribution in [0.25, 0.3) is 0 Å². The number of rotatable bonds is 2. The predicted octanol–water partition coefficient (Wildman–Crippen LogP) is 1.40. The third-order valence-corrected chi connectivity index (χ3v) is 2.86. The van der Waals surface area contributed by atoms with Gasteiger partial charge in [-0.2, -0.15) is 0 Å². The maximum atomic E-state index is 6.16. The van der Waals surface area contributed by atoms with E-state index in [0.29, 0.717) is 0 Å². The van der Waals surface area contributed by atoms with E-state index in [9.17, 15) is 0 Å². The molecule has 1 aromatic rings. The fourth-order valence-corrected chi connectivity index (χ4v) is 1.92. The molecule has 1 atom stereocenters. The fourth-order valence-electron chi connectivity index (χ4n) is 1.92. The van der Waals surface area contributed by atoms with Crippen LogP contribution < -0.4 is 11.1 Å². The van der Waals surface area contributed by atoms with Gasteiger partial charge in [-0.05, 0) is 24.1 Å². The molecule has 0 aliphatic carbocycles. The lowest BCUT2D eigenvalue weighted by molar-refractivity contribution is 0.886. The van der Waals surface area contributed by atoms with Crippen molar-refractivity contribution in [3.8, 4) is 12.3 Å². The Morgan fingerprint density at radius 2 is 2.29 bits per heavy atom. The zero-order chi connectivity index (χ0) is 11.5. The van der Waals surface area contributed by atoms with E-state index < -0.39 is 0 Å². The molecule has 17 heavy (non-hydrogen) atoms. The number of nitrogens with zero attached hydrogens (tertiary/aromatic N) is 1. The van der Waals surface area contributed by atoms with E-state index in [1.807, 2.05) is 25.1 Å². The number of hydrogen-bond donors (Lipinski definition) is 2. The van der Waals surface area contributed by atoms with Gasteiger partial charge in [-0.3, -0.25) is 4.99 Å². The zero-order valence-corrected chi connectivity index (χ0v) is 10.6. The number of hydrogen-bond acceptors (Lipinski definition) is 3. The minimum absolute atomic E-state index is 0. The Bertz CT molecular complexity index is 474. The molecule has 0 aromatic heterocycles. The lowest BCUT2D eigenvalue weighted by Crippen LogP contribution is -2.31. The van der Waals surface area contributed by atoms with E-state index >= 15 is 0 Å². The Kier molecular flexibility index (Phi) is 4.56. The van der Waals surface area contributed by atoms with Gasteiger partial charge in [0.2, 0.25) is 0 Å². The van der Waals surface area contributed by atoms with E-state index in [-0.39, 0.29) is 18.4 Å². The van der Waals surface area contributed by atoms with Crippen LogP contribution in [0.15, 0.2) is 23.2 Å². The van der Waals surface area contributed by atoms with Gasteiger partial charge in [0.05, 0.1) is 12.6 Å². The number of amidine groups is 1. The number of aliphatic imine (C=N–C) groups is 1. The first-order chi connectivity index (χ1) is 7.74. The topological polar surface area (TPSA) is 50.4 Å². The van der Waals surface area contributed by atoms with Gasteiger partial charge in [0, 0.05) is 12.1 Å². The number of nitrogens with two attached hydrogens (primary N) is 1. The second-order valence-electron chi connectivity index (χ2n) is 3.84. The quantitative estimate of drug-likeness (QED) is 0.779. The molecule has 1 aliphatic rings. The summed E-state index contributed by atoms with van der Waals surface area (Å²) in [5.74, 6) is 3.52. The van der Waals surface area contributed by atoms with Gasteiger partial charge in [-0.15, -0.1) is 18.8 Å². The molecule has 0 spiro atoms. The zero-order valence-electron chi connectivity index (χ0n) is 9.73. The SMILES string of the molecule is C#Cc1cccc(C(N)C2=NCCN2)c1C.Cl. The molecule has 1 unspecified atom stereocenters. The first-order valence-corrected chi connectivity index (χ1v) is 5.34. The van der Waals surface area contributed by atoms with Crippen molar-refractivity contribution in [3.63, 3.8) is 0 Å². The Balaban J connectivity index is 0.00000144. The molecule has 4 heteroatoms. The summed E-state index contributed by atoms with van der Waals surface area (Å²) in [6, 6.07) is 5.67. The molecular weight excluding hydrogens is 234 g/mol. The number of halogens is 1. The van der Waals surface area contributed by atoms with Crippen molar-refractivity contribution >= 4 is 18.2 Å². The van der Waals surface area contributed by atoms with E-state index in [0.717, 1.165) is 35.6 Å². The van der Waals surface area contributed by atoms with Crippen molar-refractivity contribution in [3.05, 3.63) is 34.9 Å². The highest BCUT2D eigenvalue weighted by Crippen LogP contribution is 2.20. The van der Waals surface area contributed by atoms with E-state index in [4.69, 9.17) is 12.2 Å². The van der Waals surface area contributed by atoms with Crippen LogP contribution in [0, 0.1) is 19.3 Å². The summed E-state index contributed by atoms with van der Waals surface area (Å²) >= 11 is 0. The van der Waals surface area contributed by atoms with E-state index in [2.05, 4.69) is 16.2 Å². The average molecular weight is 250 g/mol. The minimum Gasteiger partial charge on any atom is -0.370 e. The highest BCUT2D eigenvalue weighted by molar-refractivity contribution is 5.90. The lowest BCUT2D eigenvalue weighted by atomic mass is 9.97. The molecule has 0 radical (unpaired) electrons. The molecule has 3 N–H and O–H groups in total. The second kappa shape index (κ2) is 5.72. The summed E-state index contributed by atoms with van der Waals surface area (Å²) in [4.78, 5) is 4.34. The van der Waals surface area contributed by atoms with Crippen LogP contribution in [0.4, 0.5) is 0 Å². The number of nitrogens with one attached hydrogen (secondary N) is 1. The van der Waals surface area contributed by atoms with Crippen LogP contribution in [-0.2, 0) is 0 Å². The summed E-state index contributed by atoms with van der Waals surface area (Å²) in [6.45, 7) is 3.67. The minimum atomic E-state index is -0.198. The highest BCUT2D eigenvalue weighted by Gasteiger charge is 2.18. The molecule has 3 nitrogen and oxygen atoms in total. The van der Waals surface area contributed by atoms with Gasteiger partial charge in [-0.25, -0.2) is 0 Å². The van der Waals surface area contributed by atoms with Crippen molar-refractivity contribution in [1.29, 1.82) is 0 Å². The lowest BCUT2D eigenvalue weighted by Gasteiger charge is -2.16. The molecule has 0 amide bonds. The Labute approximate surface area is 108 Å². The molecular formula is C13H16ClN3. The number of benzene rings is 1. The standard InChI is InChI=1S/C13H15N3.ClH/c1-3-10-5-4-6-11(9(10)2)12(14)13-15-7-8-16-13;/h1,4-6,12H,7-8,14H2,2H3,(H,15,16);1H. The van der Waals surface area contributed by atoms with Crippen LogP contribution in [0.1, 0.15) is 22.7 Å². The molecule has 0 bridgehead atoms. The smallest absolute Gasteiger partial charge is 0.118 e. The molecule has 0 saturated heterocycles. The van der Waals surface area contributed by atoms with Crippen molar-refractivity contribution < 1.29 is 0 Å². The monoisotopic (exact) mass is 249 g/mol. The molecule has 1 aromatic carbocycles. The van der Waals surface area contributed by atoms with Crippen LogP contribution in [-0.4, -0.2) is 18.9 Å². The Morgan fingerprint density at radius 3 is 2.88 bits per heavy atom. The summed E-state index contributed by atoms with van der Waals surface area (Å²) in [5, 5.41) is 3.19. The molecule has 1 heterocycles. The van der Waals surface area contributed by atoms with Crippen molar-refractivity contribution in [1.82, 2.24) is 5.32 Å². The predicted molar refractivity (Wildman–Crippen MR) is 73.6 cm³/mol. The summed E-state index contributed by atoms with van der Waals surface area (Å²) in [6.07, 6.45) is 5.44. The van der Waals surface area contributed by atoms with Crippen molar-refractivity contribution in [2.75, 3.05) is 13.1 Å². The largest absolute Gasteiger partial charge is 0.370 e. The molecule has 0 saturated carbocycles. The van der Waals surface area contributed by atoms with Gasteiger partial charge >= 0.3 is 0 Å². The average Bonchev–Trinajstić information content (AvgIpc) is 2.82. The summed E-state index contributed by atoms with van der Waals surface area (Å²) < 4.78 is 0. The van der Waals surface area contributed by atoms with Gasteiger partial charge in [0.15, 0.2) is 0 Å². The summed E-state index contributed by atoms with van der Waals surface area (Å²) in [7, 11) is 0. The first kappa shape index (κ1) is 13.6. The normalized spacial score (nSPS) is 15.2. The third kappa shape index (κ3) is 2.60. The van der Waals surface area contributed by atoms with E-state index in [1.165, 1.54) is 0 Å². The number of terminal acetylenes is 1. The van der Waals surface area contributed by atoms with Crippen LogP contribution in [0.2, 0.25) is 0 Å². The Hall–Kier alpha value is -1.50. The second-order valence-corrected chi connectivity index (χ2v) is 3.84. The van der Waals surface area contributed by atoms with Crippen LogP contribution in [0.3, 0.4) is 0 Å². The molecule has 2 rings (SSSR count). The molecule has 90 valence electrons. The highest BCUT2D eigenvalue weighted by atomic mass is 35.5. The van der Waals surface area contributed by atoms with Gasteiger partial charge < -0.3 is 11.1 Å². The van der Waals surface area contributed by atoms with Crippen molar-refractivity contribution in [2.45, 2.75) is 13.0 Å². The maximum absolute atomic E-state index is 6.16. The summed E-state index contributed by atoms with van der Waals surface area (Å²) in [5.41, 5.74) is 9.17. The van der Waals surface area contributed by atoms with E-state index in [1.54, 1.807) is 0 Å². The van der Waals surface area contributed by atoms with Gasteiger partial charge in [0.25, 0.3) is 0 Å². The van der Waals surface area contributed by atoms with Gasteiger partial charge in [-0.1, -0.05) is 18.1 Å². The molecule has 1 aliphatic heterocycles. The molecule has 0 fully saturated rings.